The Bertz CT molecular complexity index is 852. The summed E-state index contributed by atoms with van der Waals surface area (Å²) in [6.45, 7) is 2.98. The van der Waals surface area contributed by atoms with Crippen LogP contribution in [0.1, 0.15) is 34.8 Å². The lowest BCUT2D eigenvalue weighted by Crippen LogP contribution is -2.60. The highest BCUT2D eigenvalue weighted by molar-refractivity contribution is 5.92. The molecule has 6 rings (SSSR count). The summed E-state index contributed by atoms with van der Waals surface area (Å²) < 4.78 is 0. The maximum absolute atomic E-state index is 13.2. The summed E-state index contributed by atoms with van der Waals surface area (Å²) in [4.78, 5) is 35.7. The zero-order valence-electron chi connectivity index (χ0n) is 14.5. The van der Waals surface area contributed by atoms with Gasteiger partial charge < -0.3 is 9.88 Å². The van der Waals surface area contributed by atoms with Gasteiger partial charge in [-0.15, -0.1) is 0 Å². The predicted octanol–water partition coefficient (Wildman–Crippen LogP) is 1.47. The van der Waals surface area contributed by atoms with Crippen LogP contribution < -0.4 is 5.56 Å². The Morgan fingerprint density at radius 3 is 2.58 bits per heavy atom. The van der Waals surface area contributed by atoms with E-state index in [4.69, 9.17) is 0 Å². The Balaban J connectivity index is 1.52. The number of H-pyrrole nitrogens is 1. The van der Waals surface area contributed by atoms with E-state index in [-0.39, 0.29) is 17.5 Å². The molecule has 6 nitrogen and oxygen atoms in total. The lowest BCUT2D eigenvalue weighted by Gasteiger charge is -2.51. The quantitative estimate of drug-likeness (QED) is 0.891. The van der Waals surface area contributed by atoms with E-state index in [1.54, 1.807) is 0 Å². The molecular formula is C20H22N4O2. The summed E-state index contributed by atoms with van der Waals surface area (Å²) in [6.07, 6.45) is 4.94. The van der Waals surface area contributed by atoms with E-state index >= 15 is 0 Å². The molecule has 1 aromatic heterocycles. The first kappa shape index (κ1) is 15.8. The molecule has 0 unspecified atom stereocenters. The standard InChI is InChI=1S/C20H22N4O2/c25-17-11-21-16(10-22-17)20(26)24-12-15(13-4-2-1-3-5-13)19-18(24)14-6-8-23(19)9-7-14/h1-5,10-11,14-15,18-19H,6-9,12H2,(H,22,25)/t15-,18+,19+/m1/s1. The van der Waals surface area contributed by atoms with Crippen molar-refractivity contribution in [3.05, 3.63) is 64.3 Å². The summed E-state index contributed by atoms with van der Waals surface area (Å²) in [7, 11) is 0. The minimum absolute atomic E-state index is 0.0663. The van der Waals surface area contributed by atoms with Gasteiger partial charge in [0, 0.05) is 24.7 Å². The average molecular weight is 350 g/mol. The average Bonchev–Trinajstić information content (AvgIpc) is 3.12. The maximum Gasteiger partial charge on any atom is 0.274 e. The van der Waals surface area contributed by atoms with Crippen LogP contribution >= 0.6 is 0 Å². The Kier molecular flexibility index (Phi) is 3.67. The maximum atomic E-state index is 13.2. The third-order valence-electron chi connectivity index (χ3n) is 6.37. The third-order valence-corrected chi connectivity index (χ3v) is 6.37. The van der Waals surface area contributed by atoms with E-state index in [1.165, 1.54) is 18.0 Å². The zero-order chi connectivity index (χ0) is 17.7. The normalized spacial score (nSPS) is 32.5. The summed E-state index contributed by atoms with van der Waals surface area (Å²) in [6, 6.07) is 11.2. The molecule has 0 aliphatic carbocycles. The van der Waals surface area contributed by atoms with E-state index < -0.39 is 0 Å². The molecular weight excluding hydrogens is 328 g/mol. The molecule has 2 aromatic rings. The number of likely N-dealkylation sites (tertiary alicyclic amines) is 1. The number of hydrogen-bond donors (Lipinski definition) is 1. The molecule has 4 saturated heterocycles. The van der Waals surface area contributed by atoms with Gasteiger partial charge in [-0.25, -0.2) is 4.98 Å². The number of fused-ring (bicyclic) bond motifs is 2. The van der Waals surface area contributed by atoms with Crippen molar-refractivity contribution in [3.8, 4) is 0 Å². The summed E-state index contributed by atoms with van der Waals surface area (Å²) in [5.41, 5.74) is 1.35. The van der Waals surface area contributed by atoms with Crippen LogP contribution in [0.3, 0.4) is 0 Å². The molecule has 0 saturated carbocycles. The molecule has 1 amide bonds. The highest BCUT2D eigenvalue weighted by Gasteiger charge is 2.54. The van der Waals surface area contributed by atoms with Gasteiger partial charge in [0.1, 0.15) is 5.69 Å². The van der Waals surface area contributed by atoms with Crippen LogP contribution in [0.25, 0.3) is 0 Å². The van der Waals surface area contributed by atoms with Crippen molar-refractivity contribution in [1.29, 1.82) is 0 Å². The van der Waals surface area contributed by atoms with Crippen LogP contribution in [0.15, 0.2) is 47.5 Å². The number of aromatic nitrogens is 2. The summed E-state index contributed by atoms with van der Waals surface area (Å²) in [5, 5.41) is 0. The molecule has 6 heteroatoms. The van der Waals surface area contributed by atoms with Crippen LogP contribution in [-0.2, 0) is 0 Å². The Hall–Kier alpha value is -2.47. The molecule has 4 aliphatic rings. The first-order valence-corrected chi connectivity index (χ1v) is 9.37. The molecule has 0 spiro atoms. The van der Waals surface area contributed by atoms with E-state index in [0.29, 0.717) is 30.1 Å². The van der Waals surface area contributed by atoms with Crippen molar-refractivity contribution in [2.75, 3.05) is 19.6 Å². The molecule has 0 radical (unpaired) electrons. The van der Waals surface area contributed by atoms with Gasteiger partial charge >= 0.3 is 0 Å². The van der Waals surface area contributed by atoms with Crippen molar-refractivity contribution in [1.82, 2.24) is 19.8 Å². The van der Waals surface area contributed by atoms with Crippen molar-refractivity contribution in [2.24, 2.45) is 5.92 Å². The molecule has 2 bridgehead atoms. The van der Waals surface area contributed by atoms with E-state index in [9.17, 15) is 9.59 Å². The molecule has 1 N–H and O–H groups in total. The molecule has 3 atom stereocenters. The number of benzene rings is 1. The number of carbonyl (C=O) groups excluding carboxylic acids is 1. The van der Waals surface area contributed by atoms with Gasteiger partial charge in [0.2, 0.25) is 0 Å². The van der Waals surface area contributed by atoms with Crippen molar-refractivity contribution < 1.29 is 4.79 Å². The second kappa shape index (κ2) is 6.06. The number of nitrogens with zero attached hydrogens (tertiary/aromatic N) is 3. The number of rotatable bonds is 2. The predicted molar refractivity (Wildman–Crippen MR) is 97.0 cm³/mol. The highest BCUT2D eigenvalue weighted by atomic mass is 16.2. The van der Waals surface area contributed by atoms with Crippen LogP contribution in [0.4, 0.5) is 0 Å². The van der Waals surface area contributed by atoms with Gasteiger partial charge in [0.15, 0.2) is 0 Å². The zero-order valence-corrected chi connectivity index (χ0v) is 14.5. The minimum Gasteiger partial charge on any atom is -0.332 e. The van der Waals surface area contributed by atoms with Crippen LogP contribution in [0.5, 0.6) is 0 Å². The Morgan fingerprint density at radius 2 is 1.88 bits per heavy atom. The first-order chi connectivity index (χ1) is 12.7. The second-order valence-electron chi connectivity index (χ2n) is 7.63. The minimum atomic E-state index is -0.286. The fourth-order valence-corrected chi connectivity index (χ4v) is 5.25. The van der Waals surface area contributed by atoms with Crippen molar-refractivity contribution in [3.63, 3.8) is 0 Å². The van der Waals surface area contributed by atoms with Crippen molar-refractivity contribution in [2.45, 2.75) is 30.8 Å². The molecule has 4 aliphatic heterocycles. The van der Waals surface area contributed by atoms with Crippen molar-refractivity contribution >= 4 is 5.91 Å². The summed E-state index contributed by atoms with van der Waals surface area (Å²) in [5.74, 6) is 0.824. The molecule has 5 heterocycles. The number of carbonyl (C=O) groups is 1. The van der Waals surface area contributed by atoms with E-state index in [2.05, 4.69) is 39.1 Å². The number of amides is 1. The fourth-order valence-electron chi connectivity index (χ4n) is 5.25. The Labute approximate surface area is 151 Å². The van der Waals surface area contributed by atoms with Crippen LogP contribution in [0, 0.1) is 5.92 Å². The van der Waals surface area contributed by atoms with Crippen LogP contribution in [-0.4, -0.2) is 57.4 Å². The molecule has 134 valence electrons. The SMILES string of the molecule is O=C(c1c[nH]c(=O)cn1)N1C[C@H](c2ccccc2)[C@H]2[C@@H]1C1CCN2CC1. The first-order valence-electron chi connectivity index (χ1n) is 9.37. The smallest absolute Gasteiger partial charge is 0.274 e. The molecule has 1 aromatic carbocycles. The van der Waals surface area contributed by atoms with E-state index in [0.717, 1.165) is 25.9 Å². The lowest BCUT2D eigenvalue weighted by atomic mass is 9.75. The number of hydrogen-bond acceptors (Lipinski definition) is 4. The van der Waals surface area contributed by atoms with Gasteiger partial charge in [0.25, 0.3) is 11.5 Å². The topological polar surface area (TPSA) is 69.3 Å². The van der Waals surface area contributed by atoms with Gasteiger partial charge in [-0.05, 0) is 37.4 Å². The monoisotopic (exact) mass is 350 g/mol. The third kappa shape index (κ3) is 2.40. The highest BCUT2D eigenvalue weighted by Crippen LogP contribution is 2.46. The Morgan fingerprint density at radius 1 is 1.12 bits per heavy atom. The number of piperidine rings is 3. The van der Waals surface area contributed by atoms with Gasteiger partial charge in [-0.1, -0.05) is 30.3 Å². The molecule has 4 fully saturated rings. The van der Waals surface area contributed by atoms with Gasteiger partial charge in [-0.3, -0.25) is 14.5 Å². The van der Waals surface area contributed by atoms with Gasteiger partial charge in [-0.2, -0.15) is 0 Å². The fraction of sp³-hybridized carbons (Fsp3) is 0.450. The van der Waals surface area contributed by atoms with E-state index in [1.807, 2.05) is 11.0 Å². The number of aromatic amines is 1. The van der Waals surface area contributed by atoms with Gasteiger partial charge in [0.05, 0.1) is 12.2 Å². The summed E-state index contributed by atoms with van der Waals surface area (Å²) >= 11 is 0. The van der Waals surface area contributed by atoms with Crippen LogP contribution in [0.2, 0.25) is 0 Å². The number of nitrogens with one attached hydrogen (secondary N) is 1. The second-order valence-corrected chi connectivity index (χ2v) is 7.63. The molecule has 26 heavy (non-hydrogen) atoms. The lowest BCUT2D eigenvalue weighted by molar-refractivity contribution is -0.00359. The largest absolute Gasteiger partial charge is 0.332 e.